The van der Waals surface area contributed by atoms with Gasteiger partial charge in [-0.1, -0.05) is 28.1 Å². The van der Waals surface area contributed by atoms with Crippen LogP contribution < -0.4 is 23.5 Å². The van der Waals surface area contributed by atoms with E-state index in [0.29, 0.717) is 0 Å². The van der Waals surface area contributed by atoms with Crippen LogP contribution in [0.1, 0.15) is 25.0 Å². The summed E-state index contributed by atoms with van der Waals surface area (Å²) in [6.45, 7) is 4.58. The largest absolute Gasteiger partial charge is 0.378 e. The van der Waals surface area contributed by atoms with Crippen LogP contribution >= 0.6 is 15.9 Å². The molecule has 0 fully saturated rings. The summed E-state index contributed by atoms with van der Waals surface area (Å²) in [4.78, 5) is 2.12. The zero-order valence-corrected chi connectivity index (χ0v) is 19.3. The van der Waals surface area contributed by atoms with Gasteiger partial charge < -0.3 is 4.90 Å². The summed E-state index contributed by atoms with van der Waals surface area (Å²) in [5.41, 5.74) is 6.39. The summed E-state index contributed by atoms with van der Waals surface area (Å²) in [7, 11) is 1.33. The molecule has 29 heavy (non-hydrogen) atoms. The van der Waals surface area contributed by atoms with Crippen LogP contribution in [0.15, 0.2) is 53.0 Å². The molecule has 8 heteroatoms. The summed E-state index contributed by atoms with van der Waals surface area (Å²) in [6.07, 6.45) is 4.45. The fourth-order valence-electron chi connectivity index (χ4n) is 3.37. The Hall–Kier alpha value is -1.74. The summed E-state index contributed by atoms with van der Waals surface area (Å²) < 4.78 is 37.4. The Labute approximate surface area is 181 Å². The van der Waals surface area contributed by atoms with Gasteiger partial charge in [0, 0.05) is 42.0 Å². The Morgan fingerprint density at radius 2 is 1.52 bits per heavy atom. The molecule has 0 unspecified atom stereocenters. The van der Waals surface area contributed by atoms with Gasteiger partial charge in [-0.25, -0.2) is 18.6 Å². The predicted octanol–water partition coefficient (Wildman–Crippen LogP) is 0.479. The first-order chi connectivity index (χ1) is 13.3. The zero-order valence-electron chi connectivity index (χ0n) is 17.0. The smallest absolute Gasteiger partial charge is 0.209 e. The van der Waals surface area contributed by atoms with Gasteiger partial charge in [0.25, 0.3) is 0 Å². The van der Waals surface area contributed by atoms with Crippen LogP contribution in [-0.2, 0) is 5.41 Å². The van der Waals surface area contributed by atoms with Crippen LogP contribution in [0.4, 0.5) is 11.4 Å². The van der Waals surface area contributed by atoms with Crippen LogP contribution in [0.2, 0.25) is 0 Å². The lowest BCUT2D eigenvalue weighted by Crippen LogP contribution is -2.68. The summed E-state index contributed by atoms with van der Waals surface area (Å²) >= 11 is 3.60. The fourth-order valence-corrected chi connectivity index (χ4v) is 3.73. The van der Waals surface area contributed by atoms with Crippen LogP contribution in [0, 0.1) is 10.2 Å². The van der Waals surface area contributed by atoms with Crippen molar-refractivity contribution in [1.29, 1.82) is 0 Å². The second-order valence-electron chi connectivity index (χ2n) is 7.43. The van der Waals surface area contributed by atoms with E-state index < -0.39 is 10.2 Å². The zero-order chi connectivity index (χ0) is 22.0. The van der Waals surface area contributed by atoms with Gasteiger partial charge in [-0.3, -0.25) is 0 Å². The number of hydrogen-bond acceptors (Lipinski definition) is 5. The molecule has 2 aromatic carbocycles. The number of nitrogens with zero attached hydrogens (tertiary/aromatic N) is 2. The fraction of sp³-hybridized carbons (Fsp3) is 0.286. The quantitative estimate of drug-likeness (QED) is 0.591. The predicted molar refractivity (Wildman–Crippen MR) is 108 cm³/mol. The number of halogens is 2. The molecule has 0 aliphatic carbocycles. The minimum absolute atomic E-state index is 0.00601. The maximum Gasteiger partial charge on any atom is 0.209 e. The third-order valence-corrected chi connectivity index (χ3v) is 5.33. The molecule has 156 valence electrons. The number of fused-ring (bicyclic) bond motifs is 1. The first kappa shape index (κ1) is 23.5. The Morgan fingerprint density at radius 3 is 2.03 bits per heavy atom. The monoisotopic (exact) mass is 482 g/mol. The maximum absolute atomic E-state index is 8.49. The van der Waals surface area contributed by atoms with Crippen molar-refractivity contribution < 1.29 is 33.5 Å². The van der Waals surface area contributed by atoms with Gasteiger partial charge in [0.1, 0.15) is 7.05 Å². The molecule has 6 nitrogen and oxygen atoms in total. The van der Waals surface area contributed by atoms with Crippen molar-refractivity contribution in [3.8, 4) is 0 Å². The highest BCUT2D eigenvalue weighted by Crippen LogP contribution is 2.40. The molecule has 0 saturated carbocycles. The topological polar surface area (TPSA) is 98.5 Å². The number of allylic oxidation sites excluding steroid dienone is 1. The van der Waals surface area contributed by atoms with E-state index in [-0.39, 0.29) is 5.41 Å². The van der Waals surface area contributed by atoms with Gasteiger partial charge in [0.15, 0.2) is 5.71 Å². The van der Waals surface area contributed by atoms with E-state index in [1.165, 1.54) is 28.2 Å². The van der Waals surface area contributed by atoms with Crippen LogP contribution in [0.25, 0.3) is 6.08 Å². The van der Waals surface area contributed by atoms with Gasteiger partial charge >= 0.3 is 0 Å². The molecule has 1 aliphatic rings. The molecule has 3 rings (SSSR count). The SMILES string of the molecule is CN(C)c1ccc(/C=C/C2=[N+](C)c3ccc(Br)cc3C2(C)C)cc1.[O-][Cl+3]([O-])([O-])[O-]. The Kier molecular flexibility index (Phi) is 7.27. The molecule has 1 heterocycles. The highest BCUT2D eigenvalue weighted by atomic mass is 79.9. The van der Waals surface area contributed by atoms with Crippen molar-refractivity contribution in [3.63, 3.8) is 0 Å². The van der Waals surface area contributed by atoms with E-state index in [4.69, 9.17) is 18.6 Å². The van der Waals surface area contributed by atoms with E-state index >= 15 is 0 Å². The number of rotatable bonds is 3. The number of hydrogen-bond donors (Lipinski definition) is 0. The van der Waals surface area contributed by atoms with E-state index in [9.17, 15) is 0 Å². The van der Waals surface area contributed by atoms with Crippen molar-refractivity contribution in [3.05, 3.63) is 64.1 Å². The first-order valence-corrected chi connectivity index (χ1v) is 10.8. The summed E-state index contributed by atoms with van der Waals surface area (Å²) in [5.74, 6) is 0. The van der Waals surface area contributed by atoms with Crippen molar-refractivity contribution in [2.75, 3.05) is 26.0 Å². The minimum Gasteiger partial charge on any atom is -0.378 e. The summed E-state index contributed by atoms with van der Waals surface area (Å²) in [5, 5.41) is 0. The average Bonchev–Trinajstić information content (AvgIpc) is 2.78. The minimum atomic E-state index is -4.94. The molecular weight excluding hydrogens is 460 g/mol. The van der Waals surface area contributed by atoms with Gasteiger partial charge in [-0.2, -0.15) is 4.58 Å². The lowest BCUT2D eigenvalue weighted by molar-refractivity contribution is -2.00. The van der Waals surface area contributed by atoms with Gasteiger partial charge in [-0.05, 0) is 49.8 Å². The van der Waals surface area contributed by atoms with Gasteiger partial charge in [0.05, 0.1) is 5.41 Å². The third-order valence-electron chi connectivity index (χ3n) is 4.84. The van der Waals surface area contributed by atoms with E-state index in [0.717, 1.165) is 4.47 Å². The lowest BCUT2D eigenvalue weighted by Gasteiger charge is -2.17. The third kappa shape index (κ3) is 6.12. The second-order valence-corrected chi connectivity index (χ2v) is 9.10. The van der Waals surface area contributed by atoms with Gasteiger partial charge in [-0.15, -0.1) is 10.2 Å². The molecule has 0 radical (unpaired) electrons. The molecule has 0 bridgehead atoms. The van der Waals surface area contributed by atoms with Crippen LogP contribution in [0.3, 0.4) is 0 Å². The van der Waals surface area contributed by atoms with Crippen molar-refractivity contribution in [2.45, 2.75) is 19.3 Å². The maximum atomic E-state index is 8.49. The lowest BCUT2D eigenvalue weighted by atomic mass is 9.81. The highest BCUT2D eigenvalue weighted by Gasteiger charge is 2.42. The molecule has 2 aromatic rings. The first-order valence-electron chi connectivity index (χ1n) is 8.79. The Bertz CT molecular complexity index is 927. The average molecular weight is 484 g/mol. The normalized spacial score (nSPS) is 15.2. The molecule has 0 N–H and O–H groups in total. The highest BCUT2D eigenvalue weighted by molar-refractivity contribution is 9.10. The van der Waals surface area contributed by atoms with E-state index in [2.05, 4.69) is 115 Å². The molecule has 0 aromatic heterocycles. The second kappa shape index (κ2) is 8.95. The molecule has 0 saturated heterocycles. The standard InChI is InChI=1S/C21H24BrN2.ClHO4/c1-21(2)18-14-16(22)9-12-19(18)24(5)20(21)13-8-15-6-10-17(11-7-15)23(3)4;2-1(3,4)5/h6-14H,1-5H3;(H,2,3,4,5)/q+1;/p-1. The number of benzene rings is 2. The summed E-state index contributed by atoms with van der Waals surface area (Å²) in [6, 6.07) is 15.2. The van der Waals surface area contributed by atoms with Crippen LogP contribution in [-0.4, -0.2) is 31.4 Å². The van der Waals surface area contributed by atoms with Gasteiger partial charge in [0.2, 0.25) is 5.69 Å². The molecule has 1 aliphatic heterocycles. The molecular formula is C21H24BrClN2O4. The Balaban J connectivity index is 0.000000537. The van der Waals surface area contributed by atoms with E-state index in [1.54, 1.807) is 0 Å². The molecule has 0 amide bonds. The van der Waals surface area contributed by atoms with Crippen molar-refractivity contribution in [1.82, 2.24) is 0 Å². The van der Waals surface area contributed by atoms with E-state index in [1.807, 2.05) is 0 Å². The molecule has 0 atom stereocenters. The van der Waals surface area contributed by atoms with Crippen LogP contribution in [0.5, 0.6) is 0 Å². The Morgan fingerprint density at radius 1 is 0.966 bits per heavy atom. The number of anilines is 1. The van der Waals surface area contributed by atoms with Crippen molar-refractivity contribution in [2.24, 2.45) is 0 Å². The van der Waals surface area contributed by atoms with Crippen molar-refractivity contribution >= 4 is 39.1 Å². The molecule has 0 spiro atoms.